The summed E-state index contributed by atoms with van der Waals surface area (Å²) in [5.41, 5.74) is 6.46. The van der Waals surface area contributed by atoms with Crippen molar-refractivity contribution in [1.29, 1.82) is 0 Å². The Labute approximate surface area is 147 Å². The Morgan fingerprint density at radius 2 is 1.73 bits per heavy atom. The first-order chi connectivity index (χ1) is 12.7. The minimum atomic E-state index is 0.137. The average Bonchev–Trinajstić information content (AvgIpc) is 3.30. The van der Waals surface area contributed by atoms with Crippen LogP contribution in [0.25, 0.3) is 17.2 Å². The van der Waals surface area contributed by atoms with Crippen molar-refractivity contribution in [1.82, 2.24) is 19.6 Å². The molecule has 0 unspecified atom stereocenters. The zero-order valence-electron chi connectivity index (χ0n) is 14.0. The number of aromatic nitrogens is 4. The molecule has 0 saturated heterocycles. The average molecular weight is 353 g/mol. The summed E-state index contributed by atoms with van der Waals surface area (Å²) in [7, 11) is 3.13. The number of methoxy groups -OCH3 is 2. The van der Waals surface area contributed by atoms with Gasteiger partial charge in [0.1, 0.15) is 17.2 Å². The summed E-state index contributed by atoms with van der Waals surface area (Å²) < 4.78 is 23.0. The van der Waals surface area contributed by atoms with Crippen LogP contribution in [0.15, 0.2) is 47.1 Å². The van der Waals surface area contributed by atoms with Crippen LogP contribution in [0.3, 0.4) is 0 Å². The number of nitrogens with zero attached hydrogens (tertiary/aromatic N) is 4. The van der Waals surface area contributed by atoms with Gasteiger partial charge in [0, 0.05) is 24.3 Å². The fourth-order valence-corrected chi connectivity index (χ4v) is 2.41. The first-order valence-corrected chi connectivity index (χ1v) is 7.64. The number of fused-ring (bicyclic) bond motifs is 1. The van der Waals surface area contributed by atoms with Crippen LogP contribution in [0, 0.1) is 0 Å². The molecule has 0 fully saturated rings. The van der Waals surface area contributed by atoms with Crippen molar-refractivity contribution in [3.05, 3.63) is 42.7 Å². The van der Waals surface area contributed by atoms with E-state index in [1.165, 1.54) is 4.52 Å². The lowest BCUT2D eigenvalue weighted by Crippen LogP contribution is -2.03. The van der Waals surface area contributed by atoms with E-state index in [-0.39, 0.29) is 11.8 Å². The van der Waals surface area contributed by atoms with Gasteiger partial charge < -0.3 is 24.4 Å². The Hall–Kier alpha value is -3.75. The quantitative estimate of drug-likeness (QED) is 0.583. The minimum absolute atomic E-state index is 0.137. The summed E-state index contributed by atoms with van der Waals surface area (Å²) in [6.07, 6.45) is 1.55. The summed E-state index contributed by atoms with van der Waals surface area (Å²) in [5.74, 6) is 3.02. The summed E-state index contributed by atoms with van der Waals surface area (Å²) in [5, 5.41) is 4.29. The van der Waals surface area contributed by atoms with Crippen LogP contribution in [0.2, 0.25) is 0 Å². The fourth-order valence-electron chi connectivity index (χ4n) is 2.41. The minimum Gasteiger partial charge on any atom is -0.496 e. The highest BCUT2D eigenvalue weighted by Gasteiger charge is 2.14. The van der Waals surface area contributed by atoms with E-state index in [2.05, 4.69) is 15.1 Å². The number of anilines is 1. The van der Waals surface area contributed by atoms with Gasteiger partial charge in [0.05, 0.1) is 20.5 Å². The van der Waals surface area contributed by atoms with Gasteiger partial charge in [-0.2, -0.15) is 9.50 Å². The molecule has 3 heterocycles. The third-order valence-electron chi connectivity index (χ3n) is 3.62. The van der Waals surface area contributed by atoms with Gasteiger partial charge in [-0.1, -0.05) is 0 Å². The van der Waals surface area contributed by atoms with Crippen molar-refractivity contribution >= 4 is 11.6 Å². The molecular formula is C17H15N5O4. The van der Waals surface area contributed by atoms with Gasteiger partial charge in [0.2, 0.25) is 17.7 Å². The monoisotopic (exact) mass is 353 g/mol. The van der Waals surface area contributed by atoms with Crippen molar-refractivity contribution < 1.29 is 18.6 Å². The maximum atomic E-state index is 5.98. The van der Waals surface area contributed by atoms with Crippen LogP contribution in [0.4, 0.5) is 5.95 Å². The van der Waals surface area contributed by atoms with Gasteiger partial charge >= 0.3 is 0 Å². The lowest BCUT2D eigenvalue weighted by molar-refractivity contribution is 0.385. The maximum absolute atomic E-state index is 5.98. The second-order valence-corrected chi connectivity index (χ2v) is 5.29. The molecule has 1 aromatic carbocycles. The van der Waals surface area contributed by atoms with E-state index >= 15 is 0 Å². The van der Waals surface area contributed by atoms with E-state index in [4.69, 9.17) is 24.4 Å². The second kappa shape index (κ2) is 6.28. The van der Waals surface area contributed by atoms with E-state index in [9.17, 15) is 0 Å². The molecule has 2 N–H and O–H groups in total. The second-order valence-electron chi connectivity index (χ2n) is 5.29. The number of hydrogen-bond acceptors (Lipinski definition) is 8. The molecule has 9 heteroatoms. The van der Waals surface area contributed by atoms with Crippen LogP contribution >= 0.6 is 0 Å². The molecule has 0 aliphatic rings. The normalized spacial score (nSPS) is 10.8. The van der Waals surface area contributed by atoms with E-state index in [1.54, 1.807) is 56.9 Å². The van der Waals surface area contributed by atoms with Crippen LogP contribution in [-0.2, 0) is 0 Å². The molecule has 0 aliphatic carbocycles. The third-order valence-corrected chi connectivity index (χ3v) is 3.62. The third kappa shape index (κ3) is 2.86. The molecule has 0 spiro atoms. The Kier molecular flexibility index (Phi) is 3.81. The molecule has 9 nitrogen and oxygen atoms in total. The molecule has 0 saturated carbocycles. The highest BCUT2D eigenvalue weighted by molar-refractivity contribution is 5.55. The molecule has 0 atom stereocenters. The molecule has 0 bridgehead atoms. The Balaban J connectivity index is 1.71. The molecule has 0 amide bonds. The molecule has 26 heavy (non-hydrogen) atoms. The lowest BCUT2D eigenvalue weighted by Gasteiger charge is -2.09. The topological polar surface area (TPSA) is 110 Å². The van der Waals surface area contributed by atoms with Crippen molar-refractivity contribution in [3.63, 3.8) is 0 Å². The number of nitrogen functional groups attached to an aromatic ring is 1. The molecule has 4 aromatic rings. The highest BCUT2D eigenvalue weighted by atomic mass is 16.5. The van der Waals surface area contributed by atoms with E-state index in [0.29, 0.717) is 34.5 Å². The zero-order valence-corrected chi connectivity index (χ0v) is 14.0. The Morgan fingerprint density at radius 3 is 2.38 bits per heavy atom. The smallest absolute Gasteiger partial charge is 0.226 e. The summed E-state index contributed by atoms with van der Waals surface area (Å²) in [4.78, 5) is 8.60. The predicted molar refractivity (Wildman–Crippen MR) is 92.5 cm³/mol. The van der Waals surface area contributed by atoms with Gasteiger partial charge in [0.15, 0.2) is 11.4 Å². The fraction of sp³-hybridized carbons (Fsp3) is 0.118. The van der Waals surface area contributed by atoms with Crippen LogP contribution in [0.1, 0.15) is 0 Å². The molecular weight excluding hydrogens is 338 g/mol. The SMILES string of the molecule is COc1cc(OC)cc(Oc2cc3nc(-c4ccco4)nn3c(N)n2)c1. The number of hydrogen-bond donors (Lipinski definition) is 1. The molecule has 0 aliphatic heterocycles. The zero-order chi connectivity index (χ0) is 18.1. The molecule has 4 rings (SSSR count). The Morgan fingerprint density at radius 1 is 1.00 bits per heavy atom. The van der Waals surface area contributed by atoms with Crippen molar-refractivity contribution in [2.75, 3.05) is 20.0 Å². The predicted octanol–water partition coefficient (Wildman–Crippen LogP) is 2.78. The first kappa shape index (κ1) is 15.8. The number of benzene rings is 1. The molecule has 0 radical (unpaired) electrons. The lowest BCUT2D eigenvalue weighted by atomic mass is 10.3. The standard InChI is InChI=1S/C17H15N5O4/c1-23-10-6-11(24-2)8-12(7-10)26-15-9-14-19-16(13-4-3-5-25-13)21-22(14)17(18)20-15/h3-9H,1-2H3,(H2,18,20). The van der Waals surface area contributed by atoms with Crippen molar-refractivity contribution in [3.8, 4) is 34.7 Å². The van der Waals surface area contributed by atoms with Crippen LogP contribution in [0.5, 0.6) is 23.1 Å². The van der Waals surface area contributed by atoms with Gasteiger partial charge in [-0.25, -0.2) is 4.98 Å². The Bertz CT molecular complexity index is 1040. The van der Waals surface area contributed by atoms with Crippen molar-refractivity contribution in [2.24, 2.45) is 0 Å². The van der Waals surface area contributed by atoms with Crippen molar-refractivity contribution in [2.45, 2.75) is 0 Å². The molecule has 3 aromatic heterocycles. The van der Waals surface area contributed by atoms with Gasteiger partial charge in [-0.15, -0.1) is 5.10 Å². The van der Waals surface area contributed by atoms with Crippen LogP contribution < -0.4 is 19.9 Å². The van der Waals surface area contributed by atoms with E-state index in [0.717, 1.165) is 0 Å². The first-order valence-electron chi connectivity index (χ1n) is 7.64. The number of nitrogens with two attached hydrogens (primary N) is 1. The highest BCUT2D eigenvalue weighted by Crippen LogP contribution is 2.31. The van der Waals surface area contributed by atoms with Crippen LogP contribution in [-0.4, -0.2) is 33.8 Å². The number of rotatable bonds is 5. The number of ether oxygens (including phenoxy) is 3. The van der Waals surface area contributed by atoms with E-state index < -0.39 is 0 Å². The molecule has 132 valence electrons. The van der Waals surface area contributed by atoms with Gasteiger partial charge in [0.25, 0.3) is 0 Å². The number of furan rings is 1. The summed E-state index contributed by atoms with van der Waals surface area (Å²) in [6, 6.07) is 10.3. The summed E-state index contributed by atoms with van der Waals surface area (Å²) >= 11 is 0. The summed E-state index contributed by atoms with van der Waals surface area (Å²) in [6.45, 7) is 0. The maximum Gasteiger partial charge on any atom is 0.226 e. The van der Waals surface area contributed by atoms with E-state index in [1.807, 2.05) is 0 Å². The van der Waals surface area contributed by atoms with Gasteiger partial charge in [-0.05, 0) is 12.1 Å². The van der Waals surface area contributed by atoms with Gasteiger partial charge in [-0.3, -0.25) is 0 Å². The largest absolute Gasteiger partial charge is 0.496 e.